The molecule has 0 spiro atoms. The van der Waals surface area contributed by atoms with Gasteiger partial charge in [0.25, 0.3) is 0 Å². The van der Waals surface area contributed by atoms with E-state index in [1.54, 1.807) is 7.11 Å². The Bertz CT molecular complexity index is 1030. The van der Waals surface area contributed by atoms with Crippen LogP contribution >= 0.6 is 0 Å². The molecule has 3 aromatic rings. The largest absolute Gasteiger partial charge is 0.497 e. The van der Waals surface area contributed by atoms with E-state index < -0.39 is 0 Å². The number of nitrogens with zero attached hydrogens (tertiary/aromatic N) is 3. The van der Waals surface area contributed by atoms with Gasteiger partial charge < -0.3 is 10.1 Å². The molecule has 6 heteroatoms. The number of aromatic nitrogens is 2. The number of benzene rings is 2. The normalized spacial score (nSPS) is 16.6. The summed E-state index contributed by atoms with van der Waals surface area (Å²) in [6, 6.07) is 15.7. The fraction of sp³-hybridized carbons (Fsp3) is 0.333. The zero-order valence-corrected chi connectivity index (χ0v) is 17.8. The second-order valence-electron chi connectivity index (χ2n) is 7.77. The van der Waals surface area contributed by atoms with Gasteiger partial charge in [-0.2, -0.15) is 5.10 Å². The number of likely N-dealkylation sites (tertiary alicyclic amines) is 1. The van der Waals surface area contributed by atoms with E-state index in [1.807, 2.05) is 66.5 Å². The molecule has 1 aliphatic rings. The average Bonchev–Trinajstić information content (AvgIpc) is 3.36. The van der Waals surface area contributed by atoms with Crippen LogP contribution in [0, 0.1) is 6.92 Å². The van der Waals surface area contributed by atoms with Crippen molar-refractivity contribution in [2.45, 2.75) is 32.4 Å². The van der Waals surface area contributed by atoms with Gasteiger partial charge in [-0.05, 0) is 50.1 Å². The second-order valence-corrected chi connectivity index (χ2v) is 7.77. The molecule has 2 aromatic carbocycles. The summed E-state index contributed by atoms with van der Waals surface area (Å²) in [5, 5.41) is 7.52. The average molecular weight is 405 g/mol. The molecule has 0 aliphatic carbocycles. The number of rotatable bonds is 6. The monoisotopic (exact) mass is 404 g/mol. The maximum Gasteiger partial charge on any atom is 0.241 e. The number of carbonyl (C=O) groups excluding carboxylic acids is 1. The Morgan fingerprint density at radius 3 is 2.67 bits per heavy atom. The molecule has 1 unspecified atom stereocenters. The van der Waals surface area contributed by atoms with Gasteiger partial charge in [-0.3, -0.25) is 14.4 Å². The number of hydrogen-bond acceptors (Lipinski definition) is 4. The highest BCUT2D eigenvalue weighted by Gasteiger charge is 2.31. The quantitative estimate of drug-likeness (QED) is 0.674. The van der Waals surface area contributed by atoms with Gasteiger partial charge in [-0.25, -0.2) is 0 Å². The summed E-state index contributed by atoms with van der Waals surface area (Å²) in [6.07, 6.45) is 3.80. The first-order valence-electron chi connectivity index (χ1n) is 10.3. The number of amides is 1. The number of aryl methyl sites for hydroxylation is 1. The van der Waals surface area contributed by atoms with Crippen molar-refractivity contribution in [3.63, 3.8) is 0 Å². The van der Waals surface area contributed by atoms with Crippen LogP contribution in [0.5, 0.6) is 5.75 Å². The van der Waals surface area contributed by atoms with Crippen molar-refractivity contribution in [3.8, 4) is 16.9 Å². The Morgan fingerprint density at radius 2 is 1.97 bits per heavy atom. The van der Waals surface area contributed by atoms with Crippen molar-refractivity contribution >= 4 is 11.6 Å². The lowest BCUT2D eigenvalue weighted by molar-refractivity contribution is -0.120. The van der Waals surface area contributed by atoms with Gasteiger partial charge >= 0.3 is 0 Å². The number of methoxy groups -OCH3 is 1. The minimum Gasteiger partial charge on any atom is -0.497 e. The molecule has 4 rings (SSSR count). The first-order chi connectivity index (χ1) is 14.6. The lowest BCUT2D eigenvalue weighted by Gasteiger charge is -2.24. The van der Waals surface area contributed by atoms with Crippen LogP contribution in [-0.4, -0.2) is 40.3 Å². The van der Waals surface area contributed by atoms with Crippen LogP contribution in [0.2, 0.25) is 0 Å². The molecule has 0 bridgehead atoms. The molecule has 156 valence electrons. The van der Waals surface area contributed by atoms with Crippen LogP contribution in [0.25, 0.3) is 11.1 Å². The predicted molar refractivity (Wildman–Crippen MR) is 118 cm³/mol. The van der Waals surface area contributed by atoms with Crippen LogP contribution in [0.3, 0.4) is 0 Å². The van der Waals surface area contributed by atoms with E-state index in [4.69, 9.17) is 4.74 Å². The Labute approximate surface area is 177 Å². The fourth-order valence-corrected chi connectivity index (χ4v) is 4.06. The predicted octanol–water partition coefficient (Wildman–Crippen LogP) is 4.01. The first-order valence-corrected chi connectivity index (χ1v) is 10.3. The third-order valence-electron chi connectivity index (χ3n) is 5.96. The minimum absolute atomic E-state index is 0.0509. The lowest BCUT2D eigenvalue weighted by atomic mass is 10.0. The third-order valence-corrected chi connectivity index (χ3v) is 5.96. The van der Waals surface area contributed by atoms with E-state index >= 15 is 0 Å². The van der Waals surface area contributed by atoms with Gasteiger partial charge in [0.15, 0.2) is 0 Å². The lowest BCUT2D eigenvalue weighted by Crippen LogP contribution is -2.39. The minimum atomic E-state index is -0.131. The molecular weight excluding hydrogens is 376 g/mol. The van der Waals surface area contributed by atoms with E-state index in [0.717, 1.165) is 54.2 Å². The first kappa shape index (κ1) is 20.2. The van der Waals surface area contributed by atoms with Crippen LogP contribution in [0.1, 0.15) is 24.1 Å². The molecule has 0 radical (unpaired) electrons. The highest BCUT2D eigenvalue weighted by molar-refractivity contribution is 5.98. The third kappa shape index (κ3) is 4.09. The molecular formula is C24H28N4O2. The van der Waals surface area contributed by atoms with Gasteiger partial charge in [-0.15, -0.1) is 0 Å². The fourth-order valence-electron chi connectivity index (χ4n) is 4.06. The summed E-state index contributed by atoms with van der Waals surface area (Å²) >= 11 is 0. The smallest absolute Gasteiger partial charge is 0.241 e. The molecule has 1 fully saturated rings. The number of ether oxygens (including phenoxy) is 1. The molecule has 1 aromatic heterocycles. The summed E-state index contributed by atoms with van der Waals surface area (Å²) in [5.74, 6) is 0.863. The van der Waals surface area contributed by atoms with Crippen molar-refractivity contribution in [3.05, 3.63) is 66.0 Å². The summed E-state index contributed by atoms with van der Waals surface area (Å²) in [7, 11) is 3.60. The molecule has 30 heavy (non-hydrogen) atoms. The van der Waals surface area contributed by atoms with E-state index in [2.05, 4.69) is 22.2 Å². The molecule has 2 heterocycles. The Kier molecular flexibility index (Phi) is 5.86. The summed E-state index contributed by atoms with van der Waals surface area (Å²) in [6.45, 7) is 3.74. The zero-order valence-electron chi connectivity index (χ0n) is 17.8. The second kappa shape index (κ2) is 8.71. The van der Waals surface area contributed by atoms with E-state index in [-0.39, 0.29) is 11.9 Å². The molecule has 1 aliphatic heterocycles. The van der Waals surface area contributed by atoms with Crippen LogP contribution in [0.15, 0.2) is 54.7 Å². The van der Waals surface area contributed by atoms with Gasteiger partial charge in [0.1, 0.15) is 5.75 Å². The van der Waals surface area contributed by atoms with Crippen LogP contribution in [0.4, 0.5) is 5.69 Å². The Hall–Kier alpha value is -3.12. The highest BCUT2D eigenvalue weighted by atomic mass is 16.5. The van der Waals surface area contributed by atoms with Crippen LogP contribution in [-0.2, 0) is 18.4 Å². The van der Waals surface area contributed by atoms with E-state index in [1.165, 1.54) is 5.56 Å². The maximum absolute atomic E-state index is 13.2. The molecule has 0 saturated carbocycles. The topological polar surface area (TPSA) is 59.4 Å². The highest BCUT2D eigenvalue weighted by Crippen LogP contribution is 2.30. The van der Waals surface area contributed by atoms with Crippen molar-refractivity contribution in [1.29, 1.82) is 0 Å². The number of anilines is 1. The Morgan fingerprint density at radius 1 is 1.20 bits per heavy atom. The SMILES string of the molecule is COc1ccc(-c2ccccc2NC(=O)C2CCCN2Cc2cnn(C)c2C)cc1. The molecule has 1 amide bonds. The number of carbonyl (C=O) groups is 1. The van der Waals surface area contributed by atoms with Gasteiger partial charge in [0.05, 0.1) is 19.3 Å². The Balaban J connectivity index is 1.51. The van der Waals surface area contributed by atoms with Crippen molar-refractivity contribution < 1.29 is 9.53 Å². The number of para-hydroxylation sites is 1. The van der Waals surface area contributed by atoms with Crippen molar-refractivity contribution in [2.75, 3.05) is 19.0 Å². The van der Waals surface area contributed by atoms with Gasteiger partial charge in [0.2, 0.25) is 5.91 Å². The van der Waals surface area contributed by atoms with Gasteiger partial charge in [0, 0.05) is 36.1 Å². The summed E-state index contributed by atoms with van der Waals surface area (Å²) in [4.78, 5) is 15.5. The standard InChI is InChI=1S/C24H28N4O2/c1-17-19(15-25-27(17)2)16-28-14-6-9-23(28)24(29)26-22-8-5-4-7-21(22)18-10-12-20(30-3)13-11-18/h4-5,7-8,10-13,15,23H,6,9,14,16H2,1-3H3,(H,26,29). The van der Waals surface area contributed by atoms with Crippen molar-refractivity contribution in [1.82, 2.24) is 14.7 Å². The number of hydrogen-bond donors (Lipinski definition) is 1. The molecule has 1 saturated heterocycles. The zero-order chi connectivity index (χ0) is 21.1. The van der Waals surface area contributed by atoms with Crippen LogP contribution < -0.4 is 10.1 Å². The molecule has 1 atom stereocenters. The molecule has 6 nitrogen and oxygen atoms in total. The summed E-state index contributed by atoms with van der Waals surface area (Å²) < 4.78 is 7.14. The summed E-state index contributed by atoms with van der Waals surface area (Å²) in [5.41, 5.74) is 5.20. The number of nitrogens with one attached hydrogen (secondary N) is 1. The van der Waals surface area contributed by atoms with E-state index in [9.17, 15) is 4.79 Å². The van der Waals surface area contributed by atoms with Crippen molar-refractivity contribution in [2.24, 2.45) is 7.05 Å². The maximum atomic E-state index is 13.2. The molecule has 1 N–H and O–H groups in total. The van der Waals surface area contributed by atoms with E-state index in [0.29, 0.717) is 0 Å². The van der Waals surface area contributed by atoms with Gasteiger partial charge in [-0.1, -0.05) is 30.3 Å².